The zero-order chi connectivity index (χ0) is 12.8. The van der Waals surface area contributed by atoms with Crippen molar-refractivity contribution in [1.29, 1.82) is 0 Å². The Morgan fingerprint density at radius 1 is 1.06 bits per heavy atom. The van der Waals surface area contributed by atoms with Crippen LogP contribution < -0.4 is 5.73 Å². The predicted molar refractivity (Wildman–Crippen MR) is 74.2 cm³/mol. The topological polar surface area (TPSA) is 35.7 Å². The second-order valence-corrected chi connectivity index (χ2v) is 5.78. The second-order valence-electron chi connectivity index (χ2n) is 5.78. The molecule has 0 amide bonds. The van der Waals surface area contributed by atoms with Crippen LogP contribution in [0, 0.1) is 5.92 Å². The molecule has 17 heavy (non-hydrogen) atoms. The highest BCUT2D eigenvalue weighted by Gasteiger charge is 2.19. The molecule has 2 unspecified atom stereocenters. The van der Waals surface area contributed by atoms with E-state index in [0.29, 0.717) is 12.0 Å². The number of hydrogen-bond donors (Lipinski definition) is 1. The van der Waals surface area contributed by atoms with Gasteiger partial charge in [0.15, 0.2) is 0 Å². The molecule has 0 aromatic rings. The minimum Gasteiger partial charge on any atom is -0.328 e. The molecule has 0 spiro atoms. The van der Waals surface area contributed by atoms with Gasteiger partial charge in [0.1, 0.15) is 0 Å². The Bertz CT molecular complexity index is 198. The van der Waals surface area contributed by atoms with E-state index in [9.17, 15) is 0 Å². The lowest BCUT2D eigenvalue weighted by Gasteiger charge is -2.36. The van der Waals surface area contributed by atoms with Gasteiger partial charge in [-0.1, -0.05) is 6.92 Å². The van der Waals surface area contributed by atoms with Gasteiger partial charge in [-0.15, -0.1) is 0 Å². The molecular formula is C13H30N4. The molecule has 1 saturated heterocycles. The van der Waals surface area contributed by atoms with Gasteiger partial charge in [-0.05, 0) is 26.9 Å². The lowest BCUT2D eigenvalue weighted by molar-refractivity contribution is 0.111. The zero-order valence-corrected chi connectivity index (χ0v) is 12.0. The second kappa shape index (κ2) is 7.31. The van der Waals surface area contributed by atoms with Gasteiger partial charge in [0.25, 0.3) is 0 Å². The first-order chi connectivity index (χ1) is 7.99. The maximum atomic E-state index is 5.92. The summed E-state index contributed by atoms with van der Waals surface area (Å²) in [6.45, 7) is 12.7. The van der Waals surface area contributed by atoms with Crippen molar-refractivity contribution in [1.82, 2.24) is 14.7 Å². The van der Waals surface area contributed by atoms with E-state index in [2.05, 4.69) is 42.6 Å². The highest BCUT2D eigenvalue weighted by Crippen LogP contribution is 2.07. The van der Waals surface area contributed by atoms with Gasteiger partial charge in [-0.3, -0.25) is 4.90 Å². The van der Waals surface area contributed by atoms with Gasteiger partial charge in [0, 0.05) is 51.9 Å². The Labute approximate surface area is 107 Å². The molecule has 0 radical (unpaired) electrons. The molecule has 0 bridgehead atoms. The van der Waals surface area contributed by atoms with Crippen molar-refractivity contribution in [3.63, 3.8) is 0 Å². The predicted octanol–water partition coefficient (Wildman–Crippen LogP) is 0.149. The standard InChI is InChI=1S/C13H30N4/c1-12(13(2)14)11-17-9-7-16(8-10-17)6-5-15(3)4/h12-13H,5-11,14H2,1-4H3. The van der Waals surface area contributed by atoms with E-state index in [0.717, 1.165) is 13.1 Å². The Morgan fingerprint density at radius 3 is 2.06 bits per heavy atom. The summed E-state index contributed by atoms with van der Waals surface area (Å²) in [5, 5.41) is 0. The van der Waals surface area contributed by atoms with Crippen LogP contribution in [-0.4, -0.2) is 80.7 Å². The molecule has 1 aliphatic heterocycles. The third-order valence-electron chi connectivity index (χ3n) is 3.77. The van der Waals surface area contributed by atoms with Gasteiger partial charge >= 0.3 is 0 Å². The first-order valence-corrected chi connectivity index (χ1v) is 6.84. The molecule has 4 heteroatoms. The fraction of sp³-hybridized carbons (Fsp3) is 1.00. The van der Waals surface area contributed by atoms with Crippen molar-refractivity contribution in [2.24, 2.45) is 11.7 Å². The summed E-state index contributed by atoms with van der Waals surface area (Å²) in [4.78, 5) is 7.37. The number of piperazine rings is 1. The van der Waals surface area contributed by atoms with Crippen molar-refractivity contribution in [3.05, 3.63) is 0 Å². The molecule has 0 aliphatic carbocycles. The van der Waals surface area contributed by atoms with Crippen molar-refractivity contribution in [2.75, 3.05) is 59.9 Å². The smallest absolute Gasteiger partial charge is 0.0110 e. The molecule has 2 N–H and O–H groups in total. The molecule has 2 atom stereocenters. The Kier molecular flexibility index (Phi) is 6.41. The lowest BCUT2D eigenvalue weighted by Crippen LogP contribution is -2.50. The van der Waals surface area contributed by atoms with Crippen LogP contribution in [0.1, 0.15) is 13.8 Å². The average molecular weight is 242 g/mol. The first kappa shape index (κ1) is 14.9. The molecule has 1 aliphatic rings. The summed E-state index contributed by atoms with van der Waals surface area (Å²) in [5.41, 5.74) is 5.92. The fourth-order valence-electron chi connectivity index (χ4n) is 2.11. The molecule has 0 aromatic heterocycles. The SMILES string of the molecule is CC(N)C(C)CN1CCN(CCN(C)C)CC1. The molecule has 1 rings (SSSR count). The normalized spacial score (nSPS) is 22.9. The summed E-state index contributed by atoms with van der Waals surface area (Å²) in [7, 11) is 4.28. The van der Waals surface area contributed by atoms with E-state index < -0.39 is 0 Å². The summed E-state index contributed by atoms with van der Waals surface area (Å²) < 4.78 is 0. The Morgan fingerprint density at radius 2 is 1.59 bits per heavy atom. The number of hydrogen-bond acceptors (Lipinski definition) is 4. The van der Waals surface area contributed by atoms with Crippen LogP contribution in [0.3, 0.4) is 0 Å². The molecule has 1 fully saturated rings. The van der Waals surface area contributed by atoms with E-state index in [4.69, 9.17) is 5.73 Å². The number of nitrogens with zero attached hydrogens (tertiary/aromatic N) is 3. The van der Waals surface area contributed by atoms with Gasteiger partial charge in [-0.25, -0.2) is 0 Å². The first-order valence-electron chi connectivity index (χ1n) is 6.84. The number of rotatable bonds is 6. The highest BCUT2D eigenvalue weighted by atomic mass is 15.3. The van der Waals surface area contributed by atoms with Crippen LogP contribution in [0.5, 0.6) is 0 Å². The van der Waals surface area contributed by atoms with Crippen LogP contribution >= 0.6 is 0 Å². The minimum absolute atomic E-state index is 0.307. The largest absolute Gasteiger partial charge is 0.328 e. The van der Waals surface area contributed by atoms with Gasteiger partial charge in [-0.2, -0.15) is 0 Å². The maximum Gasteiger partial charge on any atom is 0.0110 e. The van der Waals surface area contributed by atoms with E-state index in [1.807, 2.05) is 0 Å². The molecule has 0 aromatic carbocycles. The molecule has 4 nitrogen and oxygen atoms in total. The molecule has 1 heterocycles. The van der Waals surface area contributed by atoms with Crippen molar-refractivity contribution < 1.29 is 0 Å². The van der Waals surface area contributed by atoms with Crippen molar-refractivity contribution >= 4 is 0 Å². The van der Waals surface area contributed by atoms with Gasteiger partial charge in [0.05, 0.1) is 0 Å². The van der Waals surface area contributed by atoms with E-state index >= 15 is 0 Å². The Balaban J connectivity index is 2.17. The highest BCUT2D eigenvalue weighted by molar-refractivity contribution is 4.76. The van der Waals surface area contributed by atoms with Gasteiger partial charge < -0.3 is 15.5 Å². The average Bonchev–Trinajstić information content (AvgIpc) is 2.28. The Hall–Kier alpha value is -0.160. The monoisotopic (exact) mass is 242 g/mol. The van der Waals surface area contributed by atoms with E-state index in [1.54, 1.807) is 0 Å². The van der Waals surface area contributed by atoms with Crippen LogP contribution in [0.2, 0.25) is 0 Å². The van der Waals surface area contributed by atoms with Gasteiger partial charge in [0.2, 0.25) is 0 Å². The zero-order valence-electron chi connectivity index (χ0n) is 12.0. The number of nitrogens with two attached hydrogens (primary N) is 1. The van der Waals surface area contributed by atoms with Crippen LogP contribution in [0.25, 0.3) is 0 Å². The molecular weight excluding hydrogens is 212 g/mol. The van der Waals surface area contributed by atoms with Crippen molar-refractivity contribution in [3.8, 4) is 0 Å². The van der Waals surface area contributed by atoms with Crippen molar-refractivity contribution in [2.45, 2.75) is 19.9 Å². The fourth-order valence-corrected chi connectivity index (χ4v) is 2.11. The third-order valence-corrected chi connectivity index (χ3v) is 3.77. The number of likely N-dealkylation sites (N-methyl/N-ethyl adjacent to an activating group) is 1. The third kappa shape index (κ3) is 5.82. The van der Waals surface area contributed by atoms with E-state index in [1.165, 1.54) is 32.7 Å². The summed E-state index contributed by atoms with van der Waals surface area (Å²) in [5.74, 6) is 0.600. The summed E-state index contributed by atoms with van der Waals surface area (Å²) in [6, 6.07) is 0.307. The van der Waals surface area contributed by atoms with Crippen LogP contribution in [0.4, 0.5) is 0 Å². The lowest BCUT2D eigenvalue weighted by atomic mass is 10.0. The maximum absolute atomic E-state index is 5.92. The van der Waals surface area contributed by atoms with E-state index in [-0.39, 0.29) is 0 Å². The molecule has 102 valence electrons. The minimum atomic E-state index is 0.307. The molecule has 0 saturated carbocycles. The van der Waals surface area contributed by atoms with Crippen LogP contribution in [-0.2, 0) is 0 Å². The quantitative estimate of drug-likeness (QED) is 0.719. The summed E-state index contributed by atoms with van der Waals surface area (Å²) >= 11 is 0. The summed E-state index contributed by atoms with van der Waals surface area (Å²) in [6.07, 6.45) is 0. The van der Waals surface area contributed by atoms with Crippen LogP contribution in [0.15, 0.2) is 0 Å².